The van der Waals surface area contributed by atoms with Crippen LogP contribution in [0.3, 0.4) is 0 Å². The van der Waals surface area contributed by atoms with E-state index in [0.29, 0.717) is 85.9 Å². The van der Waals surface area contributed by atoms with Gasteiger partial charge in [-0.2, -0.15) is 8.42 Å². The maximum absolute atomic E-state index is 12.2. The highest BCUT2D eigenvalue weighted by Crippen LogP contribution is 2.41. The molecule has 392 valence electrons. The van der Waals surface area contributed by atoms with E-state index in [4.69, 9.17) is 47.2 Å². The van der Waals surface area contributed by atoms with Gasteiger partial charge < -0.3 is 43.0 Å². The fourth-order valence-corrected chi connectivity index (χ4v) is 9.06. The number of benzene rings is 7. The Morgan fingerprint density at radius 1 is 0.324 bits per heavy atom. The molecule has 7 rings (SSSR count). The molecule has 13 heteroatoms. The van der Waals surface area contributed by atoms with Crippen LogP contribution in [0.25, 0.3) is 0 Å². The molecule has 12 nitrogen and oxygen atoms in total. The Labute approximate surface area is 437 Å². The van der Waals surface area contributed by atoms with Crippen LogP contribution in [0.4, 0.5) is 0 Å². The maximum atomic E-state index is 12.2. The largest absolute Gasteiger partial charge is 0.394 e. The van der Waals surface area contributed by atoms with E-state index in [1.165, 1.54) is 12.1 Å². The molecule has 0 saturated heterocycles. The Morgan fingerprint density at radius 3 is 0.838 bits per heavy atom. The molecule has 0 heterocycles. The molecule has 74 heavy (non-hydrogen) atoms. The number of hydrogen-bond donors (Lipinski definition) is 1. The quantitative estimate of drug-likeness (QED) is 0.0238. The van der Waals surface area contributed by atoms with E-state index in [1.807, 2.05) is 116 Å². The molecule has 0 aliphatic heterocycles. The second-order valence-electron chi connectivity index (χ2n) is 16.7. The highest BCUT2D eigenvalue weighted by Gasteiger charge is 2.38. The second kappa shape index (κ2) is 32.4. The molecular weight excluding hydrogens is 957 g/mol. The lowest BCUT2D eigenvalue weighted by molar-refractivity contribution is -0.0375. The highest BCUT2D eigenvalue weighted by molar-refractivity contribution is 7.86. The third-order valence-corrected chi connectivity index (χ3v) is 13.0. The average molecular weight is 1030 g/mol. The minimum atomic E-state index is -3.78. The number of aliphatic hydroxyl groups is 1. The van der Waals surface area contributed by atoms with Crippen LogP contribution in [-0.2, 0) is 63.4 Å². The first-order valence-corrected chi connectivity index (χ1v) is 26.5. The summed E-state index contributed by atoms with van der Waals surface area (Å²) in [7, 11) is -3.78. The van der Waals surface area contributed by atoms with E-state index in [2.05, 4.69) is 72.8 Å². The summed E-state index contributed by atoms with van der Waals surface area (Å²) in [6, 6.07) is 68.1. The zero-order valence-electron chi connectivity index (χ0n) is 42.3. The van der Waals surface area contributed by atoms with Gasteiger partial charge in [-0.05, 0) is 52.4 Å². The smallest absolute Gasteiger partial charge is 0.297 e. The van der Waals surface area contributed by atoms with Crippen molar-refractivity contribution in [2.75, 3.05) is 106 Å². The van der Waals surface area contributed by atoms with Crippen LogP contribution in [0.15, 0.2) is 211 Å². The van der Waals surface area contributed by atoms with Crippen molar-refractivity contribution < 1.29 is 55.6 Å². The molecular formula is C61H70O12S. The van der Waals surface area contributed by atoms with Crippen LogP contribution in [0, 0.1) is 6.92 Å². The van der Waals surface area contributed by atoms with Crippen molar-refractivity contribution in [3.05, 3.63) is 245 Å². The fraction of sp³-hybridized carbons (Fsp3) is 0.311. The van der Waals surface area contributed by atoms with Crippen molar-refractivity contribution in [2.45, 2.75) is 23.0 Å². The summed E-state index contributed by atoms with van der Waals surface area (Å²) in [4.78, 5) is 0.132. The van der Waals surface area contributed by atoms with Crippen molar-refractivity contribution in [3.63, 3.8) is 0 Å². The van der Waals surface area contributed by atoms with Crippen LogP contribution in [0.5, 0.6) is 0 Å². The SMILES string of the molecule is Cc1ccc(S(=O)(=O)OCCOCCOCCOCCOC(c2ccccc2)(c2ccccc2)c2ccccc2)cc1.OCCOCCOCCOCCOC(c1ccccc1)(c1ccccc1)c1ccccc1. The summed E-state index contributed by atoms with van der Waals surface area (Å²) in [5.74, 6) is 0. The lowest BCUT2D eigenvalue weighted by atomic mass is 9.80. The van der Waals surface area contributed by atoms with Gasteiger partial charge in [0.15, 0.2) is 0 Å². The van der Waals surface area contributed by atoms with Crippen molar-refractivity contribution >= 4 is 10.1 Å². The van der Waals surface area contributed by atoms with E-state index >= 15 is 0 Å². The minimum absolute atomic E-state index is 0.0273. The summed E-state index contributed by atoms with van der Waals surface area (Å²) >= 11 is 0. The van der Waals surface area contributed by atoms with Gasteiger partial charge in [0.25, 0.3) is 10.1 Å². The van der Waals surface area contributed by atoms with Gasteiger partial charge in [0, 0.05) is 0 Å². The predicted octanol–water partition coefficient (Wildman–Crippen LogP) is 9.80. The fourth-order valence-electron chi connectivity index (χ4n) is 8.17. The zero-order valence-corrected chi connectivity index (χ0v) is 43.1. The average Bonchev–Trinajstić information content (AvgIpc) is 3.46. The zero-order chi connectivity index (χ0) is 51.8. The first-order valence-electron chi connectivity index (χ1n) is 25.0. The Morgan fingerprint density at radius 2 is 0.568 bits per heavy atom. The number of aryl methyl sites for hydroxylation is 1. The molecule has 0 unspecified atom stereocenters. The third kappa shape index (κ3) is 17.6. The first kappa shape index (κ1) is 57.4. The van der Waals surface area contributed by atoms with Crippen LogP contribution < -0.4 is 0 Å². The summed E-state index contributed by atoms with van der Waals surface area (Å²) in [6.07, 6.45) is 0. The standard InChI is InChI=1S/C34H38O7S.C27H32O5/c1-29-17-19-33(20-18-29)42(35,36)41-28-26-39-24-22-37-21-23-38-25-27-40-34(30-11-5-2-6-12-30,31-13-7-3-8-14-31)32-15-9-4-10-16-32;28-16-17-29-18-19-30-20-21-31-22-23-32-27(24-10-4-1-5-11-24,25-12-6-2-7-13-25)26-14-8-3-9-15-26/h2-20H,21-28H2,1H3;1-15,28H,16-23H2. The maximum Gasteiger partial charge on any atom is 0.297 e. The normalized spacial score (nSPS) is 11.8. The lowest BCUT2D eigenvalue weighted by Crippen LogP contribution is -2.34. The topological polar surface area (TPSA) is 137 Å². The van der Waals surface area contributed by atoms with Gasteiger partial charge in [0.1, 0.15) is 11.2 Å². The Kier molecular flexibility index (Phi) is 25.1. The van der Waals surface area contributed by atoms with E-state index in [9.17, 15) is 8.42 Å². The third-order valence-electron chi connectivity index (χ3n) is 11.7. The van der Waals surface area contributed by atoms with E-state index in [-0.39, 0.29) is 24.7 Å². The first-order chi connectivity index (χ1) is 36.4. The molecule has 0 saturated carbocycles. The van der Waals surface area contributed by atoms with Gasteiger partial charge in [0.05, 0.1) is 111 Å². The summed E-state index contributed by atoms with van der Waals surface area (Å²) in [5, 5.41) is 8.67. The van der Waals surface area contributed by atoms with Gasteiger partial charge in [0.2, 0.25) is 0 Å². The molecule has 0 bridgehead atoms. The van der Waals surface area contributed by atoms with Crippen LogP contribution in [-0.4, -0.2) is 119 Å². The Hall–Kier alpha value is -5.91. The van der Waals surface area contributed by atoms with Gasteiger partial charge in [-0.1, -0.05) is 200 Å². The van der Waals surface area contributed by atoms with Crippen molar-refractivity contribution in [2.24, 2.45) is 0 Å². The molecule has 0 amide bonds. The minimum Gasteiger partial charge on any atom is -0.394 e. The van der Waals surface area contributed by atoms with Gasteiger partial charge >= 0.3 is 0 Å². The van der Waals surface area contributed by atoms with Crippen LogP contribution >= 0.6 is 0 Å². The molecule has 7 aromatic carbocycles. The van der Waals surface area contributed by atoms with Crippen LogP contribution in [0.1, 0.15) is 38.9 Å². The van der Waals surface area contributed by atoms with Crippen molar-refractivity contribution in [1.82, 2.24) is 0 Å². The lowest BCUT2D eigenvalue weighted by Gasteiger charge is -2.36. The summed E-state index contributed by atoms with van der Waals surface area (Å²) in [5.41, 5.74) is 5.83. The molecule has 0 atom stereocenters. The van der Waals surface area contributed by atoms with E-state index in [1.54, 1.807) is 12.1 Å². The molecule has 7 aromatic rings. The summed E-state index contributed by atoms with van der Waals surface area (Å²) in [6.45, 7) is 7.45. The summed E-state index contributed by atoms with van der Waals surface area (Å²) < 4.78 is 75.8. The van der Waals surface area contributed by atoms with E-state index < -0.39 is 21.3 Å². The number of aliphatic hydroxyl groups excluding tert-OH is 1. The number of ether oxygens (including phenoxy) is 8. The molecule has 0 aliphatic carbocycles. The Balaban J connectivity index is 0.000000250. The van der Waals surface area contributed by atoms with Gasteiger partial charge in [-0.25, -0.2) is 0 Å². The van der Waals surface area contributed by atoms with Crippen LogP contribution in [0.2, 0.25) is 0 Å². The molecule has 0 aliphatic rings. The van der Waals surface area contributed by atoms with E-state index in [0.717, 1.165) is 38.9 Å². The van der Waals surface area contributed by atoms with Crippen molar-refractivity contribution in [1.29, 1.82) is 0 Å². The molecule has 0 spiro atoms. The number of rotatable bonds is 33. The van der Waals surface area contributed by atoms with Gasteiger partial charge in [-0.3, -0.25) is 4.18 Å². The highest BCUT2D eigenvalue weighted by atomic mass is 32.2. The predicted molar refractivity (Wildman–Crippen MR) is 287 cm³/mol. The van der Waals surface area contributed by atoms with Gasteiger partial charge in [-0.15, -0.1) is 0 Å². The Bertz CT molecular complexity index is 2440. The molecule has 0 fully saturated rings. The molecule has 1 N–H and O–H groups in total. The number of hydrogen-bond acceptors (Lipinski definition) is 12. The monoisotopic (exact) mass is 1030 g/mol. The second-order valence-corrected chi connectivity index (χ2v) is 18.4. The van der Waals surface area contributed by atoms with Crippen molar-refractivity contribution in [3.8, 4) is 0 Å². The molecule has 0 radical (unpaired) electrons. The molecule has 0 aromatic heterocycles.